The van der Waals surface area contributed by atoms with E-state index >= 15 is 0 Å². The van der Waals surface area contributed by atoms with Gasteiger partial charge in [0.05, 0.1) is 5.75 Å². The number of nitrogens with zero attached hydrogens (tertiary/aromatic N) is 1. The molecule has 0 spiro atoms. The number of primary sulfonamides is 1. The predicted molar refractivity (Wildman–Crippen MR) is 60.1 cm³/mol. The molecular formula is C7H11ClN4O2S. The molecule has 0 aromatic carbocycles. The van der Waals surface area contributed by atoms with Crippen molar-refractivity contribution >= 4 is 33.1 Å². The second-order valence-corrected chi connectivity index (χ2v) is 5.02. The van der Waals surface area contributed by atoms with Gasteiger partial charge in [-0.05, 0) is 6.07 Å². The van der Waals surface area contributed by atoms with E-state index in [9.17, 15) is 8.42 Å². The molecule has 1 aromatic heterocycles. The van der Waals surface area contributed by atoms with Crippen LogP contribution in [0.1, 0.15) is 0 Å². The lowest BCUT2D eigenvalue weighted by molar-refractivity contribution is 0.598. The van der Waals surface area contributed by atoms with Gasteiger partial charge in [0.2, 0.25) is 10.0 Å². The summed E-state index contributed by atoms with van der Waals surface area (Å²) >= 11 is 5.64. The van der Waals surface area contributed by atoms with Crippen molar-refractivity contribution in [3.63, 3.8) is 0 Å². The van der Waals surface area contributed by atoms with Crippen LogP contribution in [-0.4, -0.2) is 25.7 Å². The van der Waals surface area contributed by atoms with E-state index in [1.165, 1.54) is 6.07 Å². The minimum atomic E-state index is -3.47. The van der Waals surface area contributed by atoms with Gasteiger partial charge in [0.1, 0.15) is 11.0 Å². The van der Waals surface area contributed by atoms with Crippen LogP contribution < -0.4 is 16.2 Å². The predicted octanol–water partition coefficient (Wildman–Crippen LogP) is 0.0176. The molecule has 0 fully saturated rings. The number of rotatable bonds is 4. The molecule has 0 aliphatic rings. The molecule has 1 aromatic rings. The first kappa shape index (κ1) is 12.0. The zero-order valence-corrected chi connectivity index (χ0v) is 9.35. The minimum Gasteiger partial charge on any atom is -0.399 e. The van der Waals surface area contributed by atoms with Gasteiger partial charge in [-0.3, -0.25) is 0 Å². The molecule has 15 heavy (non-hydrogen) atoms. The molecule has 0 amide bonds. The van der Waals surface area contributed by atoms with Crippen LogP contribution in [0.25, 0.3) is 0 Å². The average Bonchev–Trinajstić information content (AvgIpc) is 1.99. The third-order valence-electron chi connectivity index (χ3n) is 1.51. The van der Waals surface area contributed by atoms with Crippen LogP contribution in [0.15, 0.2) is 12.1 Å². The van der Waals surface area contributed by atoms with Crippen LogP contribution in [0, 0.1) is 0 Å². The molecule has 0 aliphatic heterocycles. The number of aromatic nitrogens is 1. The van der Waals surface area contributed by atoms with E-state index < -0.39 is 10.0 Å². The van der Waals surface area contributed by atoms with Crippen LogP contribution in [0.2, 0.25) is 5.15 Å². The molecule has 0 radical (unpaired) electrons. The van der Waals surface area contributed by atoms with E-state index in [0.29, 0.717) is 11.5 Å². The smallest absolute Gasteiger partial charge is 0.210 e. The van der Waals surface area contributed by atoms with E-state index in [1.807, 2.05) is 0 Å². The Balaban J connectivity index is 2.58. The number of sulfonamides is 1. The molecule has 1 rings (SSSR count). The van der Waals surface area contributed by atoms with Gasteiger partial charge in [-0.1, -0.05) is 11.6 Å². The Morgan fingerprint density at radius 1 is 1.47 bits per heavy atom. The highest BCUT2D eigenvalue weighted by Gasteiger charge is 2.03. The van der Waals surface area contributed by atoms with E-state index in [1.54, 1.807) is 6.07 Å². The zero-order valence-electron chi connectivity index (χ0n) is 7.77. The average molecular weight is 251 g/mol. The summed E-state index contributed by atoms with van der Waals surface area (Å²) in [5.41, 5.74) is 5.96. The molecule has 8 heteroatoms. The van der Waals surface area contributed by atoms with Crippen molar-refractivity contribution in [3.8, 4) is 0 Å². The molecular weight excluding hydrogens is 240 g/mol. The van der Waals surface area contributed by atoms with Crippen molar-refractivity contribution in [2.75, 3.05) is 23.3 Å². The Kier molecular flexibility index (Phi) is 3.72. The van der Waals surface area contributed by atoms with Crippen molar-refractivity contribution in [1.29, 1.82) is 0 Å². The van der Waals surface area contributed by atoms with Crippen molar-refractivity contribution in [1.82, 2.24) is 4.98 Å². The van der Waals surface area contributed by atoms with E-state index in [-0.39, 0.29) is 17.5 Å². The first-order valence-electron chi connectivity index (χ1n) is 4.04. The fraction of sp³-hybridized carbons (Fsp3) is 0.286. The topological polar surface area (TPSA) is 111 Å². The van der Waals surface area contributed by atoms with E-state index in [2.05, 4.69) is 10.3 Å². The third kappa shape index (κ3) is 4.82. The van der Waals surface area contributed by atoms with Gasteiger partial charge in [0.25, 0.3) is 0 Å². The summed E-state index contributed by atoms with van der Waals surface area (Å²) in [5, 5.41) is 7.81. The highest BCUT2D eigenvalue weighted by atomic mass is 35.5. The number of hydrogen-bond acceptors (Lipinski definition) is 5. The second-order valence-electron chi connectivity index (χ2n) is 2.90. The summed E-state index contributed by atoms with van der Waals surface area (Å²) in [6.45, 7) is 0.158. The number of anilines is 2. The van der Waals surface area contributed by atoms with Crippen molar-refractivity contribution < 1.29 is 8.42 Å². The van der Waals surface area contributed by atoms with Crippen LogP contribution in [0.4, 0.5) is 11.5 Å². The maximum absolute atomic E-state index is 10.6. The minimum absolute atomic E-state index is 0.158. The van der Waals surface area contributed by atoms with Crippen LogP contribution in [0.5, 0.6) is 0 Å². The summed E-state index contributed by atoms with van der Waals surface area (Å²) in [7, 11) is -3.47. The van der Waals surface area contributed by atoms with Crippen LogP contribution >= 0.6 is 11.6 Å². The van der Waals surface area contributed by atoms with E-state index in [4.69, 9.17) is 22.5 Å². The number of nitrogens with one attached hydrogen (secondary N) is 1. The molecule has 0 saturated carbocycles. The normalized spacial score (nSPS) is 11.3. The standard InChI is InChI=1S/C7H11ClN4O2S/c8-6-3-5(9)4-7(12-6)11-1-2-15(10,13)14/h3-4H,1-2H2,(H3,9,11,12)(H2,10,13,14). The maximum atomic E-state index is 10.6. The summed E-state index contributed by atoms with van der Waals surface area (Å²) in [5.74, 6) is 0.241. The number of nitrogens with two attached hydrogens (primary N) is 2. The Morgan fingerprint density at radius 3 is 2.67 bits per heavy atom. The Bertz CT molecular complexity index is 428. The van der Waals surface area contributed by atoms with Gasteiger partial charge in [0.15, 0.2) is 0 Å². The Labute approximate surface area is 92.7 Å². The summed E-state index contributed by atoms with van der Waals surface area (Å²) in [6.07, 6.45) is 0. The fourth-order valence-corrected chi connectivity index (χ4v) is 1.53. The van der Waals surface area contributed by atoms with Gasteiger partial charge in [0, 0.05) is 18.3 Å². The lowest BCUT2D eigenvalue weighted by Crippen LogP contribution is -2.22. The molecule has 1 heterocycles. The van der Waals surface area contributed by atoms with Crippen molar-refractivity contribution in [2.24, 2.45) is 5.14 Å². The van der Waals surface area contributed by atoms with Gasteiger partial charge in [-0.25, -0.2) is 18.5 Å². The summed E-state index contributed by atoms with van der Waals surface area (Å²) < 4.78 is 21.2. The molecule has 0 aliphatic carbocycles. The van der Waals surface area contributed by atoms with Gasteiger partial charge < -0.3 is 11.1 Å². The number of nitrogen functional groups attached to an aromatic ring is 1. The Hall–Kier alpha value is -1.05. The van der Waals surface area contributed by atoms with Crippen LogP contribution in [0.3, 0.4) is 0 Å². The number of pyridine rings is 1. The molecule has 0 saturated heterocycles. The van der Waals surface area contributed by atoms with Crippen LogP contribution in [-0.2, 0) is 10.0 Å². The second kappa shape index (κ2) is 4.65. The molecule has 0 unspecified atom stereocenters. The molecule has 5 N–H and O–H groups in total. The van der Waals surface area contributed by atoms with Gasteiger partial charge >= 0.3 is 0 Å². The zero-order chi connectivity index (χ0) is 11.5. The van der Waals surface area contributed by atoms with Gasteiger partial charge in [-0.2, -0.15) is 0 Å². The maximum Gasteiger partial charge on any atom is 0.210 e. The largest absolute Gasteiger partial charge is 0.399 e. The van der Waals surface area contributed by atoms with Crippen molar-refractivity contribution in [3.05, 3.63) is 17.3 Å². The first-order valence-corrected chi connectivity index (χ1v) is 6.13. The quantitative estimate of drug-likeness (QED) is 0.652. The molecule has 84 valence electrons. The third-order valence-corrected chi connectivity index (χ3v) is 2.48. The highest BCUT2D eigenvalue weighted by Crippen LogP contribution is 2.15. The first-order chi connectivity index (χ1) is 6.87. The number of halogens is 1. The highest BCUT2D eigenvalue weighted by molar-refractivity contribution is 7.89. The molecule has 0 bridgehead atoms. The summed E-state index contributed by atoms with van der Waals surface area (Å²) in [4.78, 5) is 3.89. The molecule has 6 nitrogen and oxygen atoms in total. The lowest BCUT2D eigenvalue weighted by Gasteiger charge is -2.05. The lowest BCUT2D eigenvalue weighted by atomic mass is 10.4. The monoisotopic (exact) mass is 250 g/mol. The van der Waals surface area contributed by atoms with Crippen molar-refractivity contribution in [2.45, 2.75) is 0 Å². The molecule has 0 atom stereocenters. The number of hydrogen-bond donors (Lipinski definition) is 3. The Morgan fingerprint density at radius 2 is 2.13 bits per heavy atom. The SMILES string of the molecule is Nc1cc(Cl)nc(NCCS(N)(=O)=O)c1. The van der Waals surface area contributed by atoms with Gasteiger partial charge in [-0.15, -0.1) is 0 Å². The summed E-state index contributed by atoms with van der Waals surface area (Å²) in [6, 6.07) is 3.04. The fourth-order valence-electron chi connectivity index (χ4n) is 0.929. The van der Waals surface area contributed by atoms with E-state index in [0.717, 1.165) is 0 Å².